The van der Waals surface area contributed by atoms with Crippen LogP contribution in [0.5, 0.6) is 5.75 Å². The normalized spacial score (nSPS) is 25.2. The van der Waals surface area contributed by atoms with Gasteiger partial charge in [-0.05, 0) is 29.9 Å². The Labute approximate surface area is 95.1 Å². The van der Waals surface area contributed by atoms with Crippen LogP contribution in [0.25, 0.3) is 0 Å². The Hall–Kier alpha value is -1.09. The first-order chi connectivity index (χ1) is 7.63. The molecule has 0 radical (unpaired) electrons. The summed E-state index contributed by atoms with van der Waals surface area (Å²) in [5.74, 6) is 0.806. The lowest BCUT2D eigenvalue weighted by molar-refractivity contribution is 0.145. The highest BCUT2D eigenvalue weighted by Crippen LogP contribution is 2.41. The van der Waals surface area contributed by atoms with Crippen molar-refractivity contribution in [3.63, 3.8) is 0 Å². The van der Waals surface area contributed by atoms with Crippen molar-refractivity contribution in [3.05, 3.63) is 29.6 Å². The number of methoxy groups -OCH3 is 1. The Morgan fingerprint density at radius 2 is 2.25 bits per heavy atom. The molecule has 0 heterocycles. The second-order valence-corrected chi connectivity index (χ2v) is 4.58. The molecule has 1 aliphatic rings. The van der Waals surface area contributed by atoms with Gasteiger partial charge in [0, 0.05) is 6.42 Å². The van der Waals surface area contributed by atoms with Crippen LogP contribution in [-0.4, -0.2) is 18.3 Å². The standard InChI is InChI=1S/C13H17FO2/c1-8-6-10(8)11(15)7-9-4-3-5-12(16-2)13(9)14/h3-5,8,10-11,15H,6-7H2,1-2H3. The maximum absolute atomic E-state index is 13.8. The van der Waals surface area contributed by atoms with Crippen LogP contribution in [0.3, 0.4) is 0 Å². The molecule has 1 aromatic carbocycles. The lowest BCUT2D eigenvalue weighted by Crippen LogP contribution is -2.15. The Morgan fingerprint density at radius 1 is 1.56 bits per heavy atom. The zero-order valence-electron chi connectivity index (χ0n) is 9.61. The summed E-state index contributed by atoms with van der Waals surface area (Å²) in [6.45, 7) is 2.11. The molecular weight excluding hydrogens is 207 g/mol. The van der Waals surface area contributed by atoms with E-state index >= 15 is 0 Å². The van der Waals surface area contributed by atoms with Crippen molar-refractivity contribution < 1.29 is 14.2 Å². The molecule has 1 aromatic rings. The van der Waals surface area contributed by atoms with Gasteiger partial charge in [0.1, 0.15) is 0 Å². The highest BCUT2D eigenvalue weighted by molar-refractivity contribution is 5.31. The number of benzene rings is 1. The average Bonchev–Trinajstić information content (AvgIpc) is 2.99. The van der Waals surface area contributed by atoms with E-state index in [0.29, 0.717) is 23.8 Å². The number of hydrogen-bond acceptors (Lipinski definition) is 2. The van der Waals surface area contributed by atoms with E-state index in [4.69, 9.17) is 4.74 Å². The van der Waals surface area contributed by atoms with Gasteiger partial charge in [0.15, 0.2) is 11.6 Å². The Morgan fingerprint density at radius 3 is 2.81 bits per heavy atom. The fourth-order valence-electron chi connectivity index (χ4n) is 2.14. The third-order valence-electron chi connectivity index (χ3n) is 3.36. The fraction of sp³-hybridized carbons (Fsp3) is 0.538. The van der Waals surface area contributed by atoms with Crippen LogP contribution in [0.4, 0.5) is 4.39 Å². The maximum atomic E-state index is 13.8. The molecule has 0 bridgehead atoms. The summed E-state index contributed by atoms with van der Waals surface area (Å²) in [4.78, 5) is 0. The molecule has 2 rings (SSSR count). The molecule has 3 unspecified atom stereocenters. The largest absolute Gasteiger partial charge is 0.494 e. The van der Waals surface area contributed by atoms with E-state index in [1.54, 1.807) is 18.2 Å². The van der Waals surface area contributed by atoms with E-state index in [-0.39, 0.29) is 11.6 Å². The van der Waals surface area contributed by atoms with Crippen molar-refractivity contribution in [2.24, 2.45) is 11.8 Å². The van der Waals surface area contributed by atoms with E-state index in [2.05, 4.69) is 6.92 Å². The molecule has 0 spiro atoms. The van der Waals surface area contributed by atoms with E-state index < -0.39 is 6.10 Å². The van der Waals surface area contributed by atoms with Gasteiger partial charge in [-0.15, -0.1) is 0 Å². The Kier molecular flexibility index (Phi) is 3.15. The topological polar surface area (TPSA) is 29.5 Å². The minimum absolute atomic E-state index is 0.244. The summed E-state index contributed by atoms with van der Waals surface area (Å²) in [5.41, 5.74) is 0.533. The predicted molar refractivity (Wildman–Crippen MR) is 59.9 cm³/mol. The lowest BCUT2D eigenvalue weighted by atomic mass is 10.0. The van der Waals surface area contributed by atoms with Gasteiger partial charge < -0.3 is 9.84 Å². The molecule has 1 saturated carbocycles. The van der Waals surface area contributed by atoms with Gasteiger partial charge in [-0.3, -0.25) is 0 Å². The predicted octanol–water partition coefficient (Wildman–Crippen LogP) is 2.39. The number of hydrogen-bond donors (Lipinski definition) is 1. The SMILES string of the molecule is COc1cccc(CC(O)C2CC2C)c1F. The molecule has 0 amide bonds. The summed E-state index contributed by atoms with van der Waals surface area (Å²) in [5, 5.41) is 9.89. The first-order valence-electron chi connectivity index (χ1n) is 5.63. The monoisotopic (exact) mass is 224 g/mol. The quantitative estimate of drug-likeness (QED) is 0.851. The average molecular weight is 224 g/mol. The molecule has 1 N–H and O–H groups in total. The highest BCUT2D eigenvalue weighted by Gasteiger charge is 2.38. The van der Waals surface area contributed by atoms with Crippen molar-refractivity contribution in [2.75, 3.05) is 7.11 Å². The minimum Gasteiger partial charge on any atom is -0.494 e. The van der Waals surface area contributed by atoms with Crippen LogP contribution >= 0.6 is 0 Å². The molecule has 1 aliphatic carbocycles. The van der Waals surface area contributed by atoms with Gasteiger partial charge in [-0.25, -0.2) is 4.39 Å². The zero-order valence-corrected chi connectivity index (χ0v) is 9.61. The first-order valence-corrected chi connectivity index (χ1v) is 5.63. The van der Waals surface area contributed by atoms with Gasteiger partial charge in [0.2, 0.25) is 0 Å². The number of aliphatic hydroxyl groups excluding tert-OH is 1. The number of ether oxygens (including phenoxy) is 1. The molecule has 2 nitrogen and oxygen atoms in total. The van der Waals surface area contributed by atoms with Gasteiger partial charge in [-0.2, -0.15) is 0 Å². The van der Waals surface area contributed by atoms with Gasteiger partial charge >= 0.3 is 0 Å². The van der Waals surface area contributed by atoms with Crippen LogP contribution < -0.4 is 4.74 Å². The van der Waals surface area contributed by atoms with E-state index in [0.717, 1.165) is 6.42 Å². The maximum Gasteiger partial charge on any atom is 0.168 e. The number of aliphatic hydroxyl groups is 1. The van der Waals surface area contributed by atoms with Crippen LogP contribution in [0.2, 0.25) is 0 Å². The highest BCUT2D eigenvalue weighted by atomic mass is 19.1. The van der Waals surface area contributed by atoms with Crippen molar-refractivity contribution >= 4 is 0 Å². The fourth-order valence-corrected chi connectivity index (χ4v) is 2.14. The molecular formula is C13H17FO2. The van der Waals surface area contributed by atoms with E-state index in [1.807, 2.05) is 0 Å². The molecule has 88 valence electrons. The molecule has 0 aliphatic heterocycles. The summed E-state index contributed by atoms with van der Waals surface area (Å²) < 4.78 is 18.7. The summed E-state index contributed by atoms with van der Waals surface area (Å²) >= 11 is 0. The van der Waals surface area contributed by atoms with E-state index in [9.17, 15) is 9.50 Å². The molecule has 3 atom stereocenters. The Balaban J connectivity index is 2.09. The minimum atomic E-state index is -0.434. The second-order valence-electron chi connectivity index (χ2n) is 4.58. The Bertz CT molecular complexity index is 378. The number of rotatable bonds is 4. The van der Waals surface area contributed by atoms with Crippen molar-refractivity contribution in [3.8, 4) is 5.75 Å². The van der Waals surface area contributed by atoms with Crippen LogP contribution in [0.1, 0.15) is 18.9 Å². The third kappa shape index (κ3) is 2.19. The molecule has 3 heteroatoms. The zero-order chi connectivity index (χ0) is 11.7. The van der Waals surface area contributed by atoms with Crippen molar-refractivity contribution in [2.45, 2.75) is 25.9 Å². The molecule has 16 heavy (non-hydrogen) atoms. The van der Waals surface area contributed by atoms with Crippen LogP contribution in [-0.2, 0) is 6.42 Å². The van der Waals surface area contributed by atoms with E-state index in [1.165, 1.54) is 7.11 Å². The number of halogens is 1. The first kappa shape index (κ1) is 11.4. The van der Waals surface area contributed by atoms with Crippen molar-refractivity contribution in [1.29, 1.82) is 0 Å². The smallest absolute Gasteiger partial charge is 0.168 e. The lowest BCUT2D eigenvalue weighted by Gasteiger charge is -2.12. The van der Waals surface area contributed by atoms with Crippen molar-refractivity contribution in [1.82, 2.24) is 0 Å². The third-order valence-corrected chi connectivity index (χ3v) is 3.36. The second kappa shape index (κ2) is 4.42. The van der Waals surface area contributed by atoms with Gasteiger partial charge in [0.25, 0.3) is 0 Å². The van der Waals surface area contributed by atoms with Gasteiger partial charge in [-0.1, -0.05) is 19.1 Å². The summed E-state index contributed by atoms with van der Waals surface area (Å²) in [7, 11) is 1.45. The summed E-state index contributed by atoms with van der Waals surface area (Å²) in [6.07, 6.45) is 0.988. The summed E-state index contributed by atoms with van der Waals surface area (Å²) in [6, 6.07) is 5.04. The molecule has 1 fully saturated rings. The van der Waals surface area contributed by atoms with Crippen LogP contribution in [0.15, 0.2) is 18.2 Å². The molecule has 0 aromatic heterocycles. The van der Waals surface area contributed by atoms with Crippen LogP contribution in [0, 0.1) is 17.7 Å². The van der Waals surface area contributed by atoms with Gasteiger partial charge in [0.05, 0.1) is 13.2 Å². The molecule has 0 saturated heterocycles.